The van der Waals surface area contributed by atoms with Crippen LogP contribution in [0.5, 0.6) is 0 Å². The number of furan rings is 1. The monoisotopic (exact) mass is 213 g/mol. The molecule has 0 aliphatic rings. The second kappa shape index (κ2) is 4.83. The molecular formula is C12H10BO3. The minimum absolute atomic E-state index is 0. The highest BCUT2D eigenvalue weighted by atomic mass is 16.4. The van der Waals surface area contributed by atoms with Crippen molar-refractivity contribution in [1.82, 2.24) is 0 Å². The lowest BCUT2D eigenvalue weighted by molar-refractivity contribution is 0.448. The standard InChI is InChI=1S/C12H8O.BH2O2/c1-3-7-11-9(5-1)10-6-2-4-8-12(10)13-11;2-1-3/h1-8H;2-3H. The maximum Gasteiger partial charge on any atom is 0.482 e. The molecule has 0 saturated carbocycles. The zero-order valence-corrected chi connectivity index (χ0v) is 8.50. The number of hydrogen-bond donors (Lipinski definition) is 2. The number of rotatable bonds is 0. The van der Waals surface area contributed by atoms with Gasteiger partial charge in [0.2, 0.25) is 0 Å². The summed E-state index contributed by atoms with van der Waals surface area (Å²) in [6.07, 6.45) is 0. The van der Waals surface area contributed by atoms with Crippen LogP contribution in [0.15, 0.2) is 52.9 Å². The fraction of sp³-hybridized carbons (Fsp3) is 0. The first kappa shape index (κ1) is 10.7. The first-order valence-corrected chi connectivity index (χ1v) is 4.83. The van der Waals surface area contributed by atoms with Crippen LogP contribution in [-0.2, 0) is 0 Å². The van der Waals surface area contributed by atoms with Crippen molar-refractivity contribution in [3.8, 4) is 0 Å². The maximum absolute atomic E-state index is 7.00. The predicted molar refractivity (Wildman–Crippen MR) is 63.9 cm³/mol. The van der Waals surface area contributed by atoms with Gasteiger partial charge in [-0.1, -0.05) is 36.4 Å². The van der Waals surface area contributed by atoms with Crippen molar-refractivity contribution in [2.75, 3.05) is 0 Å². The van der Waals surface area contributed by atoms with Gasteiger partial charge in [0.15, 0.2) is 0 Å². The van der Waals surface area contributed by atoms with E-state index in [2.05, 4.69) is 12.1 Å². The fourth-order valence-corrected chi connectivity index (χ4v) is 1.67. The molecule has 3 nitrogen and oxygen atoms in total. The topological polar surface area (TPSA) is 53.6 Å². The average molecular weight is 213 g/mol. The van der Waals surface area contributed by atoms with Crippen LogP contribution in [0, 0.1) is 0 Å². The molecule has 0 spiro atoms. The lowest BCUT2D eigenvalue weighted by Gasteiger charge is -1.85. The SMILES string of the molecule is O[B]O.c1ccc2c(c1)oc1ccccc12. The summed E-state index contributed by atoms with van der Waals surface area (Å²) in [5.41, 5.74) is 1.92. The van der Waals surface area contributed by atoms with Crippen LogP contribution >= 0.6 is 0 Å². The summed E-state index contributed by atoms with van der Waals surface area (Å²) in [7, 11) is 0. The smallest absolute Gasteiger partial charge is 0.456 e. The molecular weight excluding hydrogens is 203 g/mol. The van der Waals surface area contributed by atoms with Gasteiger partial charge in [-0.05, 0) is 12.1 Å². The van der Waals surface area contributed by atoms with Crippen LogP contribution in [0.25, 0.3) is 21.9 Å². The van der Waals surface area contributed by atoms with Crippen LogP contribution in [0.4, 0.5) is 0 Å². The Hall–Kier alpha value is -1.78. The van der Waals surface area contributed by atoms with Crippen molar-refractivity contribution in [2.24, 2.45) is 0 Å². The molecule has 1 heterocycles. The van der Waals surface area contributed by atoms with Gasteiger partial charge in [-0.15, -0.1) is 0 Å². The summed E-state index contributed by atoms with van der Waals surface area (Å²) in [6.45, 7) is 0. The lowest BCUT2D eigenvalue weighted by Crippen LogP contribution is -1.75. The Bertz CT molecular complexity index is 538. The summed E-state index contributed by atoms with van der Waals surface area (Å²) in [5.74, 6) is 0. The lowest BCUT2D eigenvalue weighted by atomic mass is 10.2. The van der Waals surface area contributed by atoms with Crippen LogP contribution in [0.1, 0.15) is 0 Å². The van der Waals surface area contributed by atoms with E-state index in [9.17, 15) is 0 Å². The second-order valence-electron chi connectivity index (χ2n) is 3.21. The Labute approximate surface area is 93.2 Å². The first-order chi connectivity index (χ1) is 7.86. The highest BCUT2D eigenvalue weighted by Gasteiger charge is 2.03. The molecule has 0 amide bonds. The Morgan fingerprint density at radius 1 is 0.750 bits per heavy atom. The Kier molecular flexibility index (Phi) is 3.24. The Morgan fingerprint density at radius 2 is 1.12 bits per heavy atom. The molecule has 4 heteroatoms. The van der Waals surface area contributed by atoms with Crippen LogP contribution in [-0.4, -0.2) is 17.7 Å². The van der Waals surface area contributed by atoms with E-state index < -0.39 is 0 Å². The molecule has 0 unspecified atom stereocenters. The normalized spacial score (nSPS) is 9.88. The third-order valence-corrected chi connectivity index (χ3v) is 2.28. The summed E-state index contributed by atoms with van der Waals surface area (Å²) < 4.78 is 5.65. The van der Waals surface area contributed by atoms with Gasteiger partial charge in [0, 0.05) is 10.8 Å². The van der Waals surface area contributed by atoms with Crippen molar-refractivity contribution in [3.63, 3.8) is 0 Å². The van der Waals surface area contributed by atoms with Crippen LogP contribution in [0.3, 0.4) is 0 Å². The van der Waals surface area contributed by atoms with E-state index in [0.29, 0.717) is 0 Å². The minimum atomic E-state index is 0. The van der Waals surface area contributed by atoms with E-state index in [1.807, 2.05) is 36.4 Å². The van der Waals surface area contributed by atoms with E-state index in [1.54, 1.807) is 0 Å². The zero-order chi connectivity index (χ0) is 11.4. The largest absolute Gasteiger partial charge is 0.482 e. The molecule has 0 saturated heterocycles. The van der Waals surface area contributed by atoms with Crippen molar-refractivity contribution in [3.05, 3.63) is 48.5 Å². The van der Waals surface area contributed by atoms with Gasteiger partial charge < -0.3 is 14.5 Å². The Morgan fingerprint density at radius 3 is 1.56 bits per heavy atom. The van der Waals surface area contributed by atoms with Crippen LogP contribution in [0.2, 0.25) is 0 Å². The highest BCUT2D eigenvalue weighted by Crippen LogP contribution is 2.27. The van der Waals surface area contributed by atoms with Crippen LogP contribution < -0.4 is 0 Å². The first-order valence-electron chi connectivity index (χ1n) is 4.83. The van der Waals surface area contributed by atoms with Gasteiger partial charge >= 0.3 is 7.69 Å². The average Bonchev–Trinajstić information content (AvgIpc) is 2.68. The molecule has 3 rings (SSSR count). The molecule has 1 radical (unpaired) electrons. The van der Waals surface area contributed by atoms with E-state index >= 15 is 0 Å². The van der Waals surface area contributed by atoms with Crippen molar-refractivity contribution in [2.45, 2.75) is 0 Å². The molecule has 2 aromatic carbocycles. The molecule has 2 N–H and O–H groups in total. The van der Waals surface area contributed by atoms with Gasteiger partial charge in [-0.25, -0.2) is 0 Å². The van der Waals surface area contributed by atoms with Gasteiger partial charge in [-0.2, -0.15) is 0 Å². The van der Waals surface area contributed by atoms with E-state index in [4.69, 9.17) is 14.5 Å². The van der Waals surface area contributed by atoms with E-state index in [0.717, 1.165) is 11.2 Å². The number of benzene rings is 2. The third-order valence-electron chi connectivity index (χ3n) is 2.28. The second-order valence-corrected chi connectivity index (χ2v) is 3.21. The Balaban J connectivity index is 0.000000292. The number of hydrogen-bond acceptors (Lipinski definition) is 3. The summed E-state index contributed by atoms with van der Waals surface area (Å²) in [6, 6.07) is 16.2. The fourth-order valence-electron chi connectivity index (χ4n) is 1.67. The molecule has 0 fully saturated rings. The maximum atomic E-state index is 7.00. The summed E-state index contributed by atoms with van der Waals surface area (Å²) in [5, 5.41) is 16.4. The third kappa shape index (κ3) is 1.93. The van der Waals surface area contributed by atoms with E-state index in [1.165, 1.54) is 10.8 Å². The summed E-state index contributed by atoms with van der Waals surface area (Å²) in [4.78, 5) is 0. The molecule has 79 valence electrons. The number of fused-ring (bicyclic) bond motifs is 3. The van der Waals surface area contributed by atoms with Crippen molar-refractivity contribution < 1.29 is 14.5 Å². The molecule has 0 aliphatic heterocycles. The minimum Gasteiger partial charge on any atom is -0.456 e. The highest BCUT2D eigenvalue weighted by molar-refractivity contribution is 6.13. The van der Waals surface area contributed by atoms with E-state index in [-0.39, 0.29) is 7.69 Å². The van der Waals surface area contributed by atoms with Crippen molar-refractivity contribution in [1.29, 1.82) is 0 Å². The summed E-state index contributed by atoms with van der Waals surface area (Å²) >= 11 is 0. The van der Waals surface area contributed by atoms with Gasteiger partial charge in [0.25, 0.3) is 0 Å². The molecule has 0 bridgehead atoms. The predicted octanol–water partition coefficient (Wildman–Crippen LogP) is 2.09. The molecule has 1 aromatic heterocycles. The van der Waals surface area contributed by atoms with Crippen molar-refractivity contribution >= 4 is 29.6 Å². The molecule has 0 aliphatic carbocycles. The van der Waals surface area contributed by atoms with Gasteiger partial charge in [0.1, 0.15) is 11.2 Å². The quantitative estimate of drug-likeness (QED) is 0.562. The molecule has 16 heavy (non-hydrogen) atoms. The molecule has 3 aromatic rings. The van der Waals surface area contributed by atoms with Gasteiger partial charge in [0.05, 0.1) is 0 Å². The molecule has 0 atom stereocenters. The zero-order valence-electron chi connectivity index (χ0n) is 8.50. The number of para-hydroxylation sites is 2. The van der Waals surface area contributed by atoms with Gasteiger partial charge in [-0.3, -0.25) is 0 Å².